The molecule has 2 aromatic rings. The number of ether oxygens (including phenoxy) is 1. The Balaban J connectivity index is 2.25. The van der Waals surface area contributed by atoms with Crippen LogP contribution in [0.1, 0.15) is 5.82 Å². The third-order valence-electron chi connectivity index (χ3n) is 3.19. The van der Waals surface area contributed by atoms with Crippen LogP contribution in [0, 0.1) is 6.92 Å². The molecule has 1 aromatic heterocycles. The fourth-order valence-electron chi connectivity index (χ4n) is 2.18. The first-order valence-electron chi connectivity index (χ1n) is 6.96. The Labute approximate surface area is 150 Å². The molecule has 8 heteroatoms. The first-order chi connectivity index (χ1) is 10.8. The molecule has 23 heavy (non-hydrogen) atoms. The van der Waals surface area contributed by atoms with Crippen molar-refractivity contribution in [3.63, 3.8) is 0 Å². The topological polar surface area (TPSA) is 64.4 Å². The molecule has 0 radical (unpaired) electrons. The number of hydrogen-bond donors (Lipinski definition) is 0. The zero-order valence-electron chi connectivity index (χ0n) is 13.1. The molecule has 1 aromatic carbocycles. The van der Waals surface area contributed by atoms with E-state index >= 15 is 0 Å². The van der Waals surface area contributed by atoms with E-state index in [4.69, 9.17) is 4.74 Å². The van der Waals surface area contributed by atoms with E-state index in [1.807, 2.05) is 6.07 Å². The van der Waals surface area contributed by atoms with Gasteiger partial charge in [-0.3, -0.25) is 19.1 Å². The third-order valence-corrected chi connectivity index (χ3v) is 4.25. The second kappa shape index (κ2) is 7.55. The Bertz CT molecular complexity index is 803. The van der Waals surface area contributed by atoms with Crippen LogP contribution in [0.4, 0.5) is 0 Å². The number of aromatic nitrogens is 2. The molecule has 2 rings (SSSR count). The molecular formula is C15H17Br2N3O3. The molecular weight excluding hydrogens is 430 g/mol. The summed E-state index contributed by atoms with van der Waals surface area (Å²) in [6, 6.07) is 3.59. The number of halogens is 2. The van der Waals surface area contributed by atoms with Crippen molar-refractivity contribution >= 4 is 48.7 Å². The molecule has 0 bridgehead atoms. The highest BCUT2D eigenvalue weighted by Gasteiger charge is 2.12. The molecule has 0 saturated carbocycles. The number of carbonyl (C=O) groups is 1. The van der Waals surface area contributed by atoms with Crippen LogP contribution in [0.15, 0.2) is 25.9 Å². The van der Waals surface area contributed by atoms with Gasteiger partial charge in [0.25, 0.3) is 5.56 Å². The van der Waals surface area contributed by atoms with Crippen LogP contribution in [0.25, 0.3) is 10.9 Å². The lowest BCUT2D eigenvalue weighted by Crippen LogP contribution is -2.28. The van der Waals surface area contributed by atoms with Crippen molar-refractivity contribution in [3.8, 4) is 0 Å². The van der Waals surface area contributed by atoms with Gasteiger partial charge in [0.2, 0.25) is 0 Å². The minimum atomic E-state index is -0.320. The maximum Gasteiger partial charge on any atom is 0.320 e. The van der Waals surface area contributed by atoms with Crippen molar-refractivity contribution in [1.82, 2.24) is 14.5 Å². The van der Waals surface area contributed by atoms with Gasteiger partial charge in [0.05, 0.1) is 24.0 Å². The molecule has 0 spiro atoms. The minimum absolute atomic E-state index is 0.135. The number of nitrogens with zero attached hydrogens (tertiary/aromatic N) is 3. The van der Waals surface area contributed by atoms with Crippen molar-refractivity contribution in [2.75, 3.05) is 27.2 Å². The van der Waals surface area contributed by atoms with Crippen LogP contribution in [0.3, 0.4) is 0 Å². The predicted octanol–water partition coefficient (Wildman–Crippen LogP) is 2.33. The lowest BCUT2D eigenvalue weighted by Gasteiger charge is -2.13. The molecule has 0 aliphatic rings. The molecule has 0 aliphatic carbocycles. The number of rotatable bonds is 5. The summed E-state index contributed by atoms with van der Waals surface area (Å²) in [6.07, 6.45) is 0. The minimum Gasteiger partial charge on any atom is -0.463 e. The zero-order valence-corrected chi connectivity index (χ0v) is 16.3. The Morgan fingerprint density at radius 3 is 2.70 bits per heavy atom. The van der Waals surface area contributed by atoms with Crippen LogP contribution >= 0.6 is 31.9 Å². The summed E-state index contributed by atoms with van der Waals surface area (Å²) < 4.78 is 8.21. The van der Waals surface area contributed by atoms with E-state index in [9.17, 15) is 9.59 Å². The number of benzene rings is 1. The van der Waals surface area contributed by atoms with Crippen molar-refractivity contribution < 1.29 is 9.53 Å². The molecule has 0 aliphatic heterocycles. The first-order valence-corrected chi connectivity index (χ1v) is 8.54. The molecule has 124 valence electrons. The van der Waals surface area contributed by atoms with Crippen LogP contribution in [-0.4, -0.2) is 47.7 Å². The average molecular weight is 447 g/mol. The number of carbonyl (C=O) groups excluding carboxylic acids is 1. The molecule has 0 fully saturated rings. The van der Waals surface area contributed by atoms with Gasteiger partial charge >= 0.3 is 5.97 Å². The summed E-state index contributed by atoms with van der Waals surface area (Å²) >= 11 is 6.80. The molecule has 6 nitrogen and oxygen atoms in total. The normalized spacial score (nSPS) is 11.2. The third kappa shape index (κ3) is 4.39. The Morgan fingerprint density at radius 1 is 1.35 bits per heavy atom. The summed E-state index contributed by atoms with van der Waals surface area (Å²) in [5.41, 5.74) is 0.467. The lowest BCUT2D eigenvalue weighted by atomic mass is 10.2. The Morgan fingerprint density at radius 2 is 2.04 bits per heavy atom. The molecule has 0 atom stereocenters. The van der Waals surface area contributed by atoms with Crippen molar-refractivity contribution in [3.05, 3.63) is 37.3 Å². The van der Waals surface area contributed by atoms with E-state index in [1.54, 1.807) is 32.0 Å². The van der Waals surface area contributed by atoms with E-state index in [0.717, 1.165) is 8.95 Å². The van der Waals surface area contributed by atoms with E-state index in [0.29, 0.717) is 16.7 Å². The second-order valence-corrected chi connectivity index (χ2v) is 7.13. The molecule has 0 saturated heterocycles. The first kappa shape index (κ1) is 18.1. The maximum atomic E-state index is 12.6. The summed E-state index contributed by atoms with van der Waals surface area (Å²) in [5.74, 6) is 0.258. The number of aryl methyl sites for hydroxylation is 1. The summed E-state index contributed by atoms with van der Waals surface area (Å²) in [5, 5.41) is 0.511. The zero-order chi connectivity index (χ0) is 17.1. The van der Waals surface area contributed by atoms with E-state index < -0.39 is 0 Å². The SMILES string of the molecule is Cc1nc2c(Br)cc(Br)cc2c(=O)n1CCOC(=O)CN(C)C. The Kier molecular flexibility index (Phi) is 5.94. The van der Waals surface area contributed by atoms with Crippen LogP contribution in [-0.2, 0) is 16.1 Å². The predicted molar refractivity (Wildman–Crippen MR) is 95.7 cm³/mol. The summed E-state index contributed by atoms with van der Waals surface area (Å²) in [4.78, 5) is 30.4. The van der Waals surface area contributed by atoms with Gasteiger partial charge in [-0.1, -0.05) is 15.9 Å². The molecule has 0 amide bonds. The number of fused-ring (bicyclic) bond motifs is 1. The number of hydrogen-bond acceptors (Lipinski definition) is 5. The van der Waals surface area contributed by atoms with E-state index in [2.05, 4.69) is 36.8 Å². The number of likely N-dealkylation sites (N-methyl/N-ethyl adjacent to an activating group) is 1. The summed E-state index contributed by atoms with van der Waals surface area (Å²) in [6.45, 7) is 2.38. The highest BCUT2D eigenvalue weighted by atomic mass is 79.9. The van der Waals surface area contributed by atoms with Gasteiger partial charge in [-0.05, 0) is 49.1 Å². The monoisotopic (exact) mass is 445 g/mol. The second-order valence-electron chi connectivity index (χ2n) is 5.36. The van der Waals surface area contributed by atoms with Crippen LogP contribution in [0.2, 0.25) is 0 Å². The van der Waals surface area contributed by atoms with Gasteiger partial charge in [0.15, 0.2) is 0 Å². The molecule has 1 heterocycles. The highest BCUT2D eigenvalue weighted by molar-refractivity contribution is 9.11. The smallest absolute Gasteiger partial charge is 0.320 e. The fraction of sp³-hybridized carbons (Fsp3) is 0.400. The lowest BCUT2D eigenvalue weighted by molar-refractivity contribution is -0.144. The van der Waals surface area contributed by atoms with Gasteiger partial charge in [-0.25, -0.2) is 4.98 Å². The van der Waals surface area contributed by atoms with Gasteiger partial charge in [-0.15, -0.1) is 0 Å². The standard InChI is InChI=1S/C15H17Br2N3O3/c1-9-18-14-11(6-10(16)7-12(14)17)15(22)20(9)4-5-23-13(21)8-19(2)3/h6-7H,4-5,8H2,1-3H3. The van der Waals surface area contributed by atoms with Crippen molar-refractivity contribution in [2.24, 2.45) is 0 Å². The van der Waals surface area contributed by atoms with Gasteiger partial charge < -0.3 is 4.74 Å². The van der Waals surface area contributed by atoms with Crippen LogP contribution in [0.5, 0.6) is 0 Å². The van der Waals surface area contributed by atoms with Gasteiger partial charge in [0.1, 0.15) is 12.4 Å². The highest BCUT2D eigenvalue weighted by Crippen LogP contribution is 2.25. The molecule has 0 unspecified atom stereocenters. The number of esters is 1. The Hall–Kier alpha value is -1.25. The van der Waals surface area contributed by atoms with E-state index in [-0.39, 0.29) is 31.2 Å². The fourth-order valence-corrected chi connectivity index (χ4v) is 3.49. The van der Waals surface area contributed by atoms with Gasteiger partial charge in [-0.2, -0.15) is 0 Å². The van der Waals surface area contributed by atoms with E-state index in [1.165, 1.54) is 4.57 Å². The van der Waals surface area contributed by atoms with Gasteiger partial charge in [0, 0.05) is 8.95 Å². The average Bonchev–Trinajstić information content (AvgIpc) is 2.43. The maximum absolute atomic E-state index is 12.6. The largest absolute Gasteiger partial charge is 0.463 e. The van der Waals surface area contributed by atoms with Crippen molar-refractivity contribution in [1.29, 1.82) is 0 Å². The quantitative estimate of drug-likeness (QED) is 0.659. The summed E-state index contributed by atoms with van der Waals surface area (Å²) in [7, 11) is 3.58. The van der Waals surface area contributed by atoms with Crippen LogP contribution < -0.4 is 5.56 Å². The molecule has 0 N–H and O–H groups in total. The van der Waals surface area contributed by atoms with Crippen molar-refractivity contribution in [2.45, 2.75) is 13.5 Å².